The Labute approximate surface area is 150 Å². The summed E-state index contributed by atoms with van der Waals surface area (Å²) in [6.45, 7) is 1.68. The topological polar surface area (TPSA) is 36.1 Å². The number of aromatic nitrogens is 1. The predicted octanol–water partition coefficient (Wildman–Crippen LogP) is 4.43. The first-order valence-corrected chi connectivity index (χ1v) is 9.01. The van der Waals surface area contributed by atoms with E-state index >= 15 is 0 Å². The molecule has 0 saturated heterocycles. The molecule has 0 aliphatic carbocycles. The summed E-state index contributed by atoms with van der Waals surface area (Å²) in [5.41, 5.74) is 3.21. The first-order chi connectivity index (χ1) is 11.6. The predicted molar refractivity (Wildman–Crippen MR) is 102 cm³/mol. The van der Waals surface area contributed by atoms with E-state index in [-0.39, 0.29) is 4.87 Å². The highest BCUT2D eigenvalue weighted by molar-refractivity contribution is 7.09. The summed E-state index contributed by atoms with van der Waals surface area (Å²) in [5.74, 6) is 0. The molecule has 0 saturated carbocycles. The lowest BCUT2D eigenvalue weighted by molar-refractivity contribution is 0.334. The molecule has 0 atom stereocenters. The molecule has 5 heteroatoms. The van der Waals surface area contributed by atoms with Gasteiger partial charge in [0.2, 0.25) is 0 Å². The van der Waals surface area contributed by atoms with E-state index in [1.807, 2.05) is 30.3 Å². The van der Waals surface area contributed by atoms with E-state index in [0.717, 1.165) is 35.6 Å². The number of rotatable bonds is 6. The highest BCUT2D eigenvalue weighted by Crippen LogP contribution is 2.25. The van der Waals surface area contributed by atoms with Crippen LogP contribution < -0.4 is 4.87 Å². The van der Waals surface area contributed by atoms with Gasteiger partial charge in [-0.1, -0.05) is 65.4 Å². The van der Waals surface area contributed by atoms with Gasteiger partial charge in [0, 0.05) is 23.0 Å². The molecule has 0 bridgehead atoms. The zero-order chi connectivity index (χ0) is 16.9. The van der Waals surface area contributed by atoms with E-state index in [9.17, 15) is 4.79 Å². The Balaban J connectivity index is 1.70. The number of nitrogens with one attached hydrogen (secondary N) is 1. The number of hydrogen-bond acceptors (Lipinski definition) is 3. The van der Waals surface area contributed by atoms with Crippen LogP contribution in [0.25, 0.3) is 11.3 Å². The molecule has 0 fully saturated rings. The van der Waals surface area contributed by atoms with E-state index in [1.165, 1.54) is 16.9 Å². The number of nitrogens with zero attached hydrogens (tertiary/aromatic N) is 1. The Morgan fingerprint density at radius 2 is 1.79 bits per heavy atom. The molecular weight excluding hydrogens is 340 g/mol. The van der Waals surface area contributed by atoms with Gasteiger partial charge in [-0.3, -0.25) is 4.79 Å². The molecule has 24 heavy (non-hydrogen) atoms. The van der Waals surface area contributed by atoms with E-state index in [0.29, 0.717) is 5.02 Å². The van der Waals surface area contributed by atoms with Crippen LogP contribution in [0.15, 0.2) is 59.4 Å². The van der Waals surface area contributed by atoms with Crippen LogP contribution in [-0.4, -0.2) is 23.5 Å². The molecule has 1 aromatic heterocycles. The smallest absolute Gasteiger partial charge is 0.305 e. The van der Waals surface area contributed by atoms with Gasteiger partial charge in [0.1, 0.15) is 0 Å². The molecule has 0 aliphatic rings. The van der Waals surface area contributed by atoms with Gasteiger partial charge in [0.05, 0.1) is 5.69 Å². The molecule has 0 amide bonds. The molecule has 124 valence electrons. The second kappa shape index (κ2) is 7.79. The summed E-state index contributed by atoms with van der Waals surface area (Å²) in [6.07, 6.45) is 0.993. The molecule has 3 aromatic rings. The van der Waals surface area contributed by atoms with E-state index in [1.54, 1.807) is 0 Å². The van der Waals surface area contributed by atoms with Crippen LogP contribution in [0.4, 0.5) is 0 Å². The molecular formula is C19H19ClN2OS. The fourth-order valence-electron chi connectivity index (χ4n) is 2.61. The van der Waals surface area contributed by atoms with Crippen molar-refractivity contribution < 1.29 is 0 Å². The Hall–Kier alpha value is -1.88. The first kappa shape index (κ1) is 17.0. The molecule has 0 spiro atoms. The highest BCUT2D eigenvalue weighted by atomic mass is 35.5. The maximum Gasteiger partial charge on any atom is 0.305 e. The van der Waals surface area contributed by atoms with Crippen molar-refractivity contribution >= 4 is 22.9 Å². The number of hydrogen-bond donors (Lipinski definition) is 1. The third-order valence-electron chi connectivity index (χ3n) is 3.89. The molecule has 3 rings (SSSR count). The third-order valence-corrected chi connectivity index (χ3v) is 5.01. The van der Waals surface area contributed by atoms with Crippen LogP contribution in [-0.2, 0) is 13.0 Å². The van der Waals surface area contributed by atoms with Crippen molar-refractivity contribution in [3.8, 4) is 11.3 Å². The van der Waals surface area contributed by atoms with Gasteiger partial charge in [-0.25, -0.2) is 0 Å². The van der Waals surface area contributed by atoms with Crippen LogP contribution >= 0.6 is 22.9 Å². The summed E-state index contributed by atoms with van der Waals surface area (Å²) in [5, 5.41) is 0.692. The van der Waals surface area contributed by atoms with Gasteiger partial charge >= 0.3 is 4.87 Å². The Kier molecular flexibility index (Phi) is 5.51. The maximum atomic E-state index is 11.8. The Bertz CT molecular complexity index is 840. The Morgan fingerprint density at radius 1 is 1.08 bits per heavy atom. The van der Waals surface area contributed by atoms with Gasteiger partial charge in [-0.2, -0.15) is 0 Å². The minimum absolute atomic E-state index is 0.0218. The molecule has 1 N–H and O–H groups in total. The van der Waals surface area contributed by atoms with Gasteiger partial charge in [-0.05, 0) is 36.7 Å². The molecule has 3 nitrogen and oxygen atoms in total. The van der Waals surface area contributed by atoms with Crippen LogP contribution in [0.1, 0.15) is 10.4 Å². The number of H-pyrrole nitrogens is 1. The lowest BCUT2D eigenvalue weighted by Crippen LogP contribution is -2.20. The standard InChI is InChI=1S/C19H19ClN2OS/c1-22(12-11-14-5-3-2-4-6-14)13-17-18(21-19(23)24-17)15-7-9-16(20)10-8-15/h2-10H,11-13H2,1H3,(H,21,23). The molecule has 0 unspecified atom stereocenters. The summed E-state index contributed by atoms with van der Waals surface area (Å²) >= 11 is 7.23. The average molecular weight is 359 g/mol. The van der Waals surface area contributed by atoms with Crippen LogP contribution in [0.3, 0.4) is 0 Å². The number of benzene rings is 2. The van der Waals surface area contributed by atoms with Gasteiger partial charge in [0.15, 0.2) is 0 Å². The van der Waals surface area contributed by atoms with Gasteiger partial charge in [-0.15, -0.1) is 0 Å². The Morgan fingerprint density at radius 3 is 2.50 bits per heavy atom. The number of halogens is 1. The zero-order valence-electron chi connectivity index (χ0n) is 13.5. The van der Waals surface area contributed by atoms with E-state index in [2.05, 4.69) is 41.2 Å². The zero-order valence-corrected chi connectivity index (χ0v) is 15.0. The monoisotopic (exact) mass is 358 g/mol. The second-order valence-electron chi connectivity index (χ2n) is 5.79. The number of aromatic amines is 1. The van der Waals surface area contributed by atoms with Crippen molar-refractivity contribution in [2.24, 2.45) is 0 Å². The van der Waals surface area contributed by atoms with Crippen molar-refractivity contribution in [3.63, 3.8) is 0 Å². The summed E-state index contributed by atoms with van der Waals surface area (Å²) in [4.78, 5) is 18.1. The largest absolute Gasteiger partial charge is 0.312 e. The van der Waals surface area contributed by atoms with Crippen molar-refractivity contribution in [1.82, 2.24) is 9.88 Å². The molecule has 2 aromatic carbocycles. The van der Waals surface area contributed by atoms with Crippen molar-refractivity contribution in [3.05, 3.63) is 79.7 Å². The molecule has 0 aliphatic heterocycles. The lowest BCUT2D eigenvalue weighted by Gasteiger charge is -2.16. The fraction of sp³-hybridized carbons (Fsp3) is 0.211. The normalized spacial score (nSPS) is 11.1. The van der Waals surface area contributed by atoms with Crippen molar-refractivity contribution in [2.45, 2.75) is 13.0 Å². The third kappa shape index (κ3) is 4.35. The second-order valence-corrected chi connectivity index (χ2v) is 7.30. The average Bonchev–Trinajstić information content (AvgIpc) is 2.95. The van der Waals surface area contributed by atoms with Gasteiger partial charge < -0.3 is 9.88 Å². The minimum atomic E-state index is -0.0218. The van der Waals surface area contributed by atoms with Crippen molar-refractivity contribution in [1.29, 1.82) is 0 Å². The van der Waals surface area contributed by atoms with Crippen molar-refractivity contribution in [2.75, 3.05) is 13.6 Å². The summed E-state index contributed by atoms with van der Waals surface area (Å²) in [6, 6.07) is 18.0. The molecule has 0 radical (unpaired) electrons. The highest BCUT2D eigenvalue weighted by Gasteiger charge is 2.12. The van der Waals surface area contributed by atoms with Crippen LogP contribution in [0.2, 0.25) is 5.02 Å². The quantitative estimate of drug-likeness (QED) is 0.707. The fourth-order valence-corrected chi connectivity index (χ4v) is 3.67. The number of likely N-dealkylation sites (N-methyl/N-ethyl adjacent to an activating group) is 1. The van der Waals surface area contributed by atoms with E-state index < -0.39 is 0 Å². The first-order valence-electron chi connectivity index (χ1n) is 7.82. The summed E-state index contributed by atoms with van der Waals surface area (Å²) < 4.78 is 0. The minimum Gasteiger partial charge on any atom is -0.312 e. The summed E-state index contributed by atoms with van der Waals surface area (Å²) in [7, 11) is 2.08. The van der Waals surface area contributed by atoms with E-state index in [4.69, 9.17) is 11.6 Å². The van der Waals surface area contributed by atoms with Crippen LogP contribution in [0.5, 0.6) is 0 Å². The number of thiazole rings is 1. The van der Waals surface area contributed by atoms with Gasteiger partial charge in [0.25, 0.3) is 0 Å². The molecule has 1 heterocycles. The lowest BCUT2D eigenvalue weighted by atomic mass is 10.1. The SMILES string of the molecule is CN(CCc1ccccc1)Cc1sc(=O)[nH]c1-c1ccc(Cl)cc1. The van der Waals surface area contributed by atoms with Crippen LogP contribution in [0, 0.1) is 0 Å². The maximum absolute atomic E-state index is 11.8.